The average Bonchev–Trinajstić information content (AvgIpc) is 2.85. The molecule has 33 heavy (non-hydrogen) atoms. The van der Waals surface area contributed by atoms with Crippen LogP contribution in [0.25, 0.3) is 6.08 Å². The van der Waals surface area contributed by atoms with Gasteiger partial charge in [0.2, 0.25) is 5.91 Å². The maximum Gasteiger partial charge on any atom is 0.253 e. The van der Waals surface area contributed by atoms with Crippen molar-refractivity contribution in [3.8, 4) is 11.5 Å². The Morgan fingerprint density at radius 2 is 1.36 bits per heavy atom. The van der Waals surface area contributed by atoms with Gasteiger partial charge in [0.25, 0.3) is 5.91 Å². The van der Waals surface area contributed by atoms with Gasteiger partial charge in [-0.3, -0.25) is 14.5 Å². The zero-order valence-electron chi connectivity index (χ0n) is 18.4. The molecule has 1 fully saturated rings. The van der Waals surface area contributed by atoms with E-state index in [1.54, 1.807) is 48.5 Å². The van der Waals surface area contributed by atoms with Crippen LogP contribution in [0.5, 0.6) is 11.5 Å². The highest BCUT2D eigenvalue weighted by Gasteiger charge is 2.21. The van der Waals surface area contributed by atoms with Crippen molar-refractivity contribution in [3.63, 3.8) is 0 Å². The Morgan fingerprint density at radius 3 is 1.94 bits per heavy atom. The lowest BCUT2D eigenvalue weighted by Crippen LogP contribution is -2.48. The molecule has 6 heteroatoms. The minimum atomic E-state index is -0.478. The third-order valence-electron chi connectivity index (χ3n) is 5.61. The SMILES string of the molecule is NC(=O)c1ccc(Oc2ccc(C(=O)N3CCN(C/C=C/c4ccccc4)CC3)cc2)cc1. The summed E-state index contributed by atoms with van der Waals surface area (Å²) in [5, 5.41) is 0. The Kier molecular flexibility index (Phi) is 7.17. The summed E-state index contributed by atoms with van der Waals surface area (Å²) in [6.45, 7) is 4.01. The number of piperazine rings is 1. The van der Waals surface area contributed by atoms with Gasteiger partial charge < -0.3 is 15.4 Å². The summed E-state index contributed by atoms with van der Waals surface area (Å²) < 4.78 is 5.79. The molecule has 0 saturated carbocycles. The fraction of sp³-hybridized carbons (Fsp3) is 0.185. The second kappa shape index (κ2) is 10.6. The van der Waals surface area contributed by atoms with Gasteiger partial charge in [-0.25, -0.2) is 0 Å². The Morgan fingerprint density at radius 1 is 0.788 bits per heavy atom. The van der Waals surface area contributed by atoms with E-state index < -0.39 is 5.91 Å². The van der Waals surface area contributed by atoms with E-state index in [0.29, 0.717) is 35.7 Å². The number of hydrogen-bond donors (Lipinski definition) is 1. The predicted molar refractivity (Wildman–Crippen MR) is 129 cm³/mol. The van der Waals surface area contributed by atoms with Crippen LogP contribution in [0.15, 0.2) is 84.9 Å². The zero-order valence-corrected chi connectivity index (χ0v) is 18.4. The molecule has 0 bridgehead atoms. The highest BCUT2D eigenvalue weighted by atomic mass is 16.5. The number of primary amides is 1. The van der Waals surface area contributed by atoms with E-state index in [1.165, 1.54) is 5.56 Å². The van der Waals surface area contributed by atoms with Gasteiger partial charge in [-0.1, -0.05) is 42.5 Å². The largest absolute Gasteiger partial charge is 0.457 e. The van der Waals surface area contributed by atoms with Crippen molar-refractivity contribution >= 4 is 17.9 Å². The van der Waals surface area contributed by atoms with Crippen LogP contribution in [0.2, 0.25) is 0 Å². The van der Waals surface area contributed by atoms with Crippen molar-refractivity contribution in [2.75, 3.05) is 32.7 Å². The number of rotatable bonds is 7. The Hall–Kier alpha value is -3.90. The molecule has 0 atom stereocenters. The summed E-state index contributed by atoms with van der Waals surface area (Å²) in [5.74, 6) is 0.769. The molecule has 0 aromatic heterocycles. The third kappa shape index (κ3) is 6.08. The van der Waals surface area contributed by atoms with Crippen molar-refractivity contribution in [1.82, 2.24) is 9.80 Å². The van der Waals surface area contributed by atoms with Gasteiger partial charge in [0, 0.05) is 43.9 Å². The molecule has 0 spiro atoms. The van der Waals surface area contributed by atoms with Crippen LogP contribution in [0.3, 0.4) is 0 Å². The molecule has 4 rings (SSSR count). The fourth-order valence-electron chi connectivity index (χ4n) is 3.71. The molecule has 6 nitrogen and oxygen atoms in total. The van der Waals surface area contributed by atoms with Gasteiger partial charge in [0.05, 0.1) is 0 Å². The molecular weight excluding hydrogens is 414 g/mol. The lowest BCUT2D eigenvalue weighted by Gasteiger charge is -2.34. The van der Waals surface area contributed by atoms with Crippen molar-refractivity contribution in [2.24, 2.45) is 5.73 Å². The van der Waals surface area contributed by atoms with Crippen LogP contribution < -0.4 is 10.5 Å². The maximum atomic E-state index is 12.9. The third-order valence-corrected chi connectivity index (χ3v) is 5.61. The number of amides is 2. The number of hydrogen-bond acceptors (Lipinski definition) is 4. The molecule has 3 aromatic carbocycles. The number of carbonyl (C=O) groups excluding carboxylic acids is 2. The average molecular weight is 442 g/mol. The van der Waals surface area contributed by atoms with Gasteiger partial charge in [0.1, 0.15) is 11.5 Å². The monoisotopic (exact) mass is 441 g/mol. The molecule has 2 amide bonds. The number of ether oxygens (including phenoxy) is 1. The van der Waals surface area contributed by atoms with Gasteiger partial charge in [-0.2, -0.15) is 0 Å². The summed E-state index contributed by atoms with van der Waals surface area (Å²) in [7, 11) is 0. The maximum absolute atomic E-state index is 12.9. The molecule has 1 heterocycles. The first-order valence-corrected chi connectivity index (χ1v) is 11.0. The van der Waals surface area contributed by atoms with E-state index >= 15 is 0 Å². The van der Waals surface area contributed by atoms with Crippen LogP contribution >= 0.6 is 0 Å². The molecule has 2 N–H and O–H groups in total. The first-order valence-electron chi connectivity index (χ1n) is 11.0. The topological polar surface area (TPSA) is 75.9 Å². The van der Waals surface area contributed by atoms with Gasteiger partial charge >= 0.3 is 0 Å². The Bertz CT molecular complexity index is 1100. The van der Waals surface area contributed by atoms with E-state index in [0.717, 1.165) is 19.6 Å². The normalized spacial score (nSPS) is 14.4. The van der Waals surface area contributed by atoms with Crippen LogP contribution in [-0.2, 0) is 0 Å². The number of nitrogens with two attached hydrogens (primary N) is 1. The highest BCUT2D eigenvalue weighted by molar-refractivity contribution is 5.94. The van der Waals surface area contributed by atoms with E-state index in [2.05, 4.69) is 29.2 Å². The highest BCUT2D eigenvalue weighted by Crippen LogP contribution is 2.22. The summed E-state index contributed by atoms with van der Waals surface area (Å²) in [6.07, 6.45) is 4.31. The van der Waals surface area contributed by atoms with Crippen LogP contribution in [0.1, 0.15) is 26.3 Å². The van der Waals surface area contributed by atoms with E-state index in [-0.39, 0.29) is 5.91 Å². The van der Waals surface area contributed by atoms with Gasteiger partial charge in [-0.15, -0.1) is 0 Å². The van der Waals surface area contributed by atoms with Crippen LogP contribution in [-0.4, -0.2) is 54.3 Å². The molecular formula is C27H27N3O3. The standard InChI is InChI=1S/C27H27N3O3/c28-26(31)22-8-12-24(13-9-22)33-25-14-10-23(11-15-25)27(32)30-19-17-29(18-20-30)16-4-7-21-5-2-1-3-6-21/h1-15H,16-20H2,(H2,28,31)/b7-4+. The minimum Gasteiger partial charge on any atom is -0.457 e. The molecule has 1 aliphatic heterocycles. The molecule has 1 aliphatic rings. The van der Waals surface area contributed by atoms with Crippen molar-refractivity contribution < 1.29 is 14.3 Å². The molecule has 168 valence electrons. The van der Waals surface area contributed by atoms with Gasteiger partial charge in [-0.05, 0) is 54.1 Å². The summed E-state index contributed by atoms with van der Waals surface area (Å²) in [5.41, 5.74) is 7.52. The van der Waals surface area contributed by atoms with E-state index in [1.807, 2.05) is 23.1 Å². The van der Waals surface area contributed by atoms with Crippen LogP contribution in [0.4, 0.5) is 0 Å². The van der Waals surface area contributed by atoms with Crippen molar-refractivity contribution in [2.45, 2.75) is 0 Å². The van der Waals surface area contributed by atoms with Crippen molar-refractivity contribution in [1.29, 1.82) is 0 Å². The molecule has 0 aliphatic carbocycles. The number of nitrogens with zero attached hydrogens (tertiary/aromatic N) is 2. The Balaban J connectivity index is 1.26. The van der Waals surface area contributed by atoms with E-state index in [9.17, 15) is 9.59 Å². The first-order chi connectivity index (χ1) is 16.1. The molecule has 3 aromatic rings. The van der Waals surface area contributed by atoms with Gasteiger partial charge in [0.15, 0.2) is 0 Å². The molecule has 0 unspecified atom stereocenters. The molecule has 0 radical (unpaired) electrons. The van der Waals surface area contributed by atoms with E-state index in [4.69, 9.17) is 10.5 Å². The lowest BCUT2D eigenvalue weighted by atomic mass is 10.1. The quantitative estimate of drug-likeness (QED) is 0.600. The summed E-state index contributed by atoms with van der Waals surface area (Å²) >= 11 is 0. The second-order valence-electron chi connectivity index (χ2n) is 7.92. The fourth-order valence-corrected chi connectivity index (χ4v) is 3.71. The van der Waals surface area contributed by atoms with Crippen molar-refractivity contribution in [3.05, 3.63) is 102 Å². The predicted octanol–water partition coefficient (Wildman–Crippen LogP) is 4.05. The molecule has 1 saturated heterocycles. The first kappa shape index (κ1) is 22.3. The Labute approximate surface area is 193 Å². The van der Waals surface area contributed by atoms with Crippen LogP contribution in [0, 0.1) is 0 Å². The summed E-state index contributed by atoms with van der Waals surface area (Å²) in [6, 6.07) is 24.0. The minimum absolute atomic E-state index is 0.0341. The lowest BCUT2D eigenvalue weighted by molar-refractivity contribution is 0.0650. The summed E-state index contributed by atoms with van der Waals surface area (Å²) in [4.78, 5) is 28.3. The number of benzene rings is 3. The smallest absolute Gasteiger partial charge is 0.253 e. The zero-order chi connectivity index (χ0) is 23.0. The number of carbonyl (C=O) groups is 2. The second-order valence-corrected chi connectivity index (χ2v) is 7.92.